The third-order valence-electron chi connectivity index (χ3n) is 3.15. The van der Waals surface area contributed by atoms with Gasteiger partial charge in [0.05, 0.1) is 5.69 Å². The van der Waals surface area contributed by atoms with Gasteiger partial charge in [0.15, 0.2) is 0 Å². The summed E-state index contributed by atoms with van der Waals surface area (Å²) in [7, 11) is 0. The van der Waals surface area contributed by atoms with E-state index in [1.807, 2.05) is 43.3 Å². The molecule has 5 heteroatoms. The number of hydrogen-bond acceptors (Lipinski definition) is 5. The summed E-state index contributed by atoms with van der Waals surface area (Å²) >= 11 is 0. The standard InChI is InChI=1S/C16H15N5/c1-11-4-5-13(17)7-14(11)21-16-8-15(19-10-20-16)12-3-2-6-18-9-12/h2-10H,17H2,1H3,(H,19,20,21). The molecule has 3 aromatic rings. The fraction of sp³-hybridized carbons (Fsp3) is 0.0625. The third kappa shape index (κ3) is 2.97. The van der Waals surface area contributed by atoms with Crippen LogP contribution < -0.4 is 11.1 Å². The Labute approximate surface area is 122 Å². The first-order valence-electron chi connectivity index (χ1n) is 6.58. The number of aromatic nitrogens is 3. The summed E-state index contributed by atoms with van der Waals surface area (Å²) in [6.07, 6.45) is 5.05. The van der Waals surface area contributed by atoms with Gasteiger partial charge in [-0.25, -0.2) is 9.97 Å². The summed E-state index contributed by atoms with van der Waals surface area (Å²) < 4.78 is 0. The van der Waals surface area contributed by atoms with Crippen molar-refractivity contribution in [2.45, 2.75) is 6.92 Å². The zero-order chi connectivity index (χ0) is 14.7. The maximum atomic E-state index is 5.82. The van der Waals surface area contributed by atoms with E-state index in [0.717, 1.165) is 28.3 Å². The predicted molar refractivity (Wildman–Crippen MR) is 84.1 cm³/mol. The van der Waals surface area contributed by atoms with Crippen molar-refractivity contribution in [3.8, 4) is 11.3 Å². The van der Waals surface area contributed by atoms with E-state index >= 15 is 0 Å². The average Bonchev–Trinajstić information content (AvgIpc) is 2.52. The number of aryl methyl sites for hydroxylation is 1. The molecule has 0 bridgehead atoms. The maximum Gasteiger partial charge on any atom is 0.134 e. The molecule has 21 heavy (non-hydrogen) atoms. The molecule has 0 spiro atoms. The SMILES string of the molecule is Cc1ccc(N)cc1Nc1cc(-c2cccnc2)ncn1. The van der Waals surface area contributed by atoms with Gasteiger partial charge < -0.3 is 11.1 Å². The molecule has 0 unspecified atom stereocenters. The van der Waals surface area contributed by atoms with Crippen molar-refractivity contribution >= 4 is 17.2 Å². The molecular weight excluding hydrogens is 262 g/mol. The van der Waals surface area contributed by atoms with Crippen molar-refractivity contribution in [3.63, 3.8) is 0 Å². The topological polar surface area (TPSA) is 76.7 Å². The molecule has 0 fully saturated rings. The highest BCUT2D eigenvalue weighted by molar-refractivity contribution is 5.68. The number of rotatable bonds is 3. The van der Waals surface area contributed by atoms with Crippen molar-refractivity contribution in [1.82, 2.24) is 15.0 Å². The van der Waals surface area contributed by atoms with Gasteiger partial charge >= 0.3 is 0 Å². The lowest BCUT2D eigenvalue weighted by atomic mass is 10.1. The zero-order valence-electron chi connectivity index (χ0n) is 11.6. The number of hydrogen-bond donors (Lipinski definition) is 2. The lowest BCUT2D eigenvalue weighted by molar-refractivity contribution is 1.16. The van der Waals surface area contributed by atoms with E-state index in [4.69, 9.17) is 5.73 Å². The van der Waals surface area contributed by atoms with Crippen LogP contribution >= 0.6 is 0 Å². The monoisotopic (exact) mass is 277 g/mol. The summed E-state index contributed by atoms with van der Waals surface area (Å²) in [6.45, 7) is 2.02. The fourth-order valence-electron chi connectivity index (χ4n) is 2.01. The van der Waals surface area contributed by atoms with E-state index in [-0.39, 0.29) is 0 Å². The molecular formula is C16H15N5. The molecule has 0 aliphatic heterocycles. The van der Waals surface area contributed by atoms with Crippen LogP contribution in [0.2, 0.25) is 0 Å². The first kappa shape index (κ1) is 13.1. The maximum absolute atomic E-state index is 5.82. The first-order chi connectivity index (χ1) is 10.2. The number of nitrogens with two attached hydrogens (primary N) is 1. The Morgan fingerprint density at radius 2 is 2.00 bits per heavy atom. The number of nitrogens with one attached hydrogen (secondary N) is 1. The normalized spacial score (nSPS) is 10.3. The number of benzene rings is 1. The molecule has 5 nitrogen and oxygen atoms in total. The summed E-state index contributed by atoms with van der Waals surface area (Å²) in [6, 6.07) is 11.5. The summed E-state index contributed by atoms with van der Waals surface area (Å²) in [5.41, 5.74) is 10.3. The highest BCUT2D eigenvalue weighted by Gasteiger charge is 2.04. The highest BCUT2D eigenvalue weighted by Crippen LogP contribution is 2.24. The second kappa shape index (κ2) is 5.58. The van der Waals surface area contributed by atoms with E-state index in [9.17, 15) is 0 Å². The largest absolute Gasteiger partial charge is 0.399 e. The molecule has 0 radical (unpaired) electrons. The molecule has 3 rings (SSSR count). The van der Waals surface area contributed by atoms with Gasteiger partial charge in [-0.2, -0.15) is 0 Å². The van der Waals surface area contributed by atoms with Crippen LogP contribution in [0, 0.1) is 6.92 Å². The molecule has 1 aromatic carbocycles. The average molecular weight is 277 g/mol. The Bertz CT molecular complexity index is 756. The Morgan fingerprint density at radius 3 is 2.81 bits per heavy atom. The minimum Gasteiger partial charge on any atom is -0.399 e. The lowest BCUT2D eigenvalue weighted by Gasteiger charge is -2.10. The van der Waals surface area contributed by atoms with E-state index in [0.29, 0.717) is 5.69 Å². The van der Waals surface area contributed by atoms with Gasteiger partial charge in [0.1, 0.15) is 12.1 Å². The molecule has 0 aliphatic carbocycles. The van der Waals surface area contributed by atoms with Crippen molar-refractivity contribution in [3.05, 3.63) is 60.7 Å². The van der Waals surface area contributed by atoms with Crippen LogP contribution in [0.4, 0.5) is 17.2 Å². The van der Waals surface area contributed by atoms with Gasteiger partial charge in [0, 0.05) is 35.4 Å². The van der Waals surface area contributed by atoms with Gasteiger partial charge in [-0.3, -0.25) is 4.98 Å². The summed E-state index contributed by atoms with van der Waals surface area (Å²) in [5.74, 6) is 0.720. The Kier molecular flexibility index (Phi) is 3.47. The highest BCUT2D eigenvalue weighted by atomic mass is 15.0. The van der Waals surface area contributed by atoms with Crippen molar-refractivity contribution in [2.75, 3.05) is 11.1 Å². The van der Waals surface area contributed by atoms with Gasteiger partial charge in [0.2, 0.25) is 0 Å². The Morgan fingerprint density at radius 1 is 1.10 bits per heavy atom. The van der Waals surface area contributed by atoms with Gasteiger partial charge in [0.25, 0.3) is 0 Å². The smallest absolute Gasteiger partial charge is 0.134 e. The molecule has 0 atom stereocenters. The van der Waals surface area contributed by atoms with Crippen molar-refractivity contribution < 1.29 is 0 Å². The summed E-state index contributed by atoms with van der Waals surface area (Å²) in [5, 5.41) is 3.27. The Hall–Kier alpha value is -2.95. The predicted octanol–water partition coefficient (Wildman–Crippen LogP) is 3.17. The van der Waals surface area contributed by atoms with E-state index < -0.39 is 0 Å². The molecule has 0 aliphatic rings. The van der Waals surface area contributed by atoms with Crippen LogP contribution in [0.5, 0.6) is 0 Å². The van der Waals surface area contributed by atoms with Crippen molar-refractivity contribution in [2.24, 2.45) is 0 Å². The Balaban J connectivity index is 1.92. The van der Waals surface area contributed by atoms with Crippen LogP contribution in [-0.4, -0.2) is 15.0 Å². The van der Waals surface area contributed by atoms with E-state index in [1.165, 1.54) is 6.33 Å². The van der Waals surface area contributed by atoms with Crippen molar-refractivity contribution in [1.29, 1.82) is 0 Å². The molecule has 104 valence electrons. The van der Waals surface area contributed by atoms with E-state index in [1.54, 1.807) is 12.4 Å². The second-order valence-corrected chi connectivity index (χ2v) is 4.73. The summed E-state index contributed by atoms with van der Waals surface area (Å²) in [4.78, 5) is 12.6. The molecule has 0 saturated heterocycles. The van der Waals surface area contributed by atoms with Crippen LogP contribution in [-0.2, 0) is 0 Å². The van der Waals surface area contributed by atoms with E-state index in [2.05, 4.69) is 20.3 Å². The minimum atomic E-state index is 0.713. The third-order valence-corrected chi connectivity index (χ3v) is 3.15. The molecule has 2 heterocycles. The van der Waals surface area contributed by atoms with Gasteiger partial charge in [-0.05, 0) is 36.8 Å². The molecule has 0 amide bonds. The van der Waals surface area contributed by atoms with Crippen LogP contribution in [0.1, 0.15) is 5.56 Å². The van der Waals surface area contributed by atoms with Crippen LogP contribution in [0.25, 0.3) is 11.3 Å². The minimum absolute atomic E-state index is 0.713. The van der Waals surface area contributed by atoms with Crippen LogP contribution in [0.3, 0.4) is 0 Å². The fourth-order valence-corrected chi connectivity index (χ4v) is 2.01. The first-order valence-corrected chi connectivity index (χ1v) is 6.58. The second-order valence-electron chi connectivity index (χ2n) is 4.73. The van der Waals surface area contributed by atoms with Gasteiger partial charge in [-0.15, -0.1) is 0 Å². The zero-order valence-corrected chi connectivity index (χ0v) is 11.6. The number of pyridine rings is 1. The van der Waals surface area contributed by atoms with Gasteiger partial charge in [-0.1, -0.05) is 6.07 Å². The quantitative estimate of drug-likeness (QED) is 0.719. The lowest BCUT2D eigenvalue weighted by Crippen LogP contribution is -1.98. The molecule has 3 N–H and O–H groups in total. The number of anilines is 3. The number of nitrogen functional groups attached to an aromatic ring is 1. The van der Waals surface area contributed by atoms with Crippen LogP contribution in [0.15, 0.2) is 55.1 Å². The number of nitrogens with zero attached hydrogens (tertiary/aromatic N) is 3. The molecule has 0 saturated carbocycles. The molecule has 2 aromatic heterocycles.